The maximum absolute atomic E-state index is 10.8. The van der Waals surface area contributed by atoms with Gasteiger partial charge in [-0.25, -0.2) is 10.9 Å². The van der Waals surface area contributed by atoms with E-state index in [0.717, 1.165) is 6.42 Å². The van der Waals surface area contributed by atoms with Gasteiger partial charge in [0, 0.05) is 0 Å². The molecule has 0 aromatic carbocycles. The van der Waals surface area contributed by atoms with Gasteiger partial charge in [-0.1, -0.05) is 0 Å². The molecule has 7 nitrogen and oxygen atoms in total. The lowest BCUT2D eigenvalue weighted by Gasteiger charge is -2.17. The van der Waals surface area contributed by atoms with Crippen LogP contribution in [-0.4, -0.2) is 40.8 Å². The van der Waals surface area contributed by atoms with Crippen LogP contribution in [0.3, 0.4) is 0 Å². The van der Waals surface area contributed by atoms with E-state index in [1.165, 1.54) is 6.92 Å². The van der Waals surface area contributed by atoms with E-state index in [1.807, 2.05) is 0 Å². The number of carboxylic acids is 2. The number of hydrogen-bond acceptors (Lipinski definition) is 5. The molecular formula is C9H19N3O4. The molecule has 6 N–H and O–H groups in total. The predicted molar refractivity (Wildman–Crippen MR) is 57.7 cm³/mol. The summed E-state index contributed by atoms with van der Waals surface area (Å²) in [5, 5.41) is 17.4. The molecule has 0 aliphatic heterocycles. The Labute approximate surface area is 94.0 Å². The summed E-state index contributed by atoms with van der Waals surface area (Å²) in [6.07, 6.45) is 1.84. The van der Waals surface area contributed by atoms with Gasteiger partial charge < -0.3 is 15.9 Å². The highest BCUT2D eigenvalue weighted by Crippen LogP contribution is 1.99. The number of hydrazine groups is 1. The zero-order valence-corrected chi connectivity index (χ0v) is 9.27. The van der Waals surface area contributed by atoms with Crippen LogP contribution in [0.25, 0.3) is 0 Å². The monoisotopic (exact) mass is 233 g/mol. The van der Waals surface area contributed by atoms with E-state index < -0.39 is 24.0 Å². The number of hydrogen-bond donors (Lipinski definition) is 5. The van der Waals surface area contributed by atoms with Crippen LogP contribution >= 0.6 is 0 Å². The molecule has 0 aliphatic carbocycles. The molecule has 0 saturated carbocycles. The molecule has 16 heavy (non-hydrogen) atoms. The van der Waals surface area contributed by atoms with Crippen molar-refractivity contribution in [2.24, 2.45) is 5.73 Å². The van der Waals surface area contributed by atoms with Crippen LogP contribution in [0, 0.1) is 0 Å². The lowest BCUT2D eigenvalue weighted by Crippen LogP contribution is -2.51. The van der Waals surface area contributed by atoms with E-state index in [4.69, 9.17) is 15.9 Å². The third kappa shape index (κ3) is 6.33. The summed E-state index contributed by atoms with van der Waals surface area (Å²) in [7, 11) is 0. The second-order valence-corrected chi connectivity index (χ2v) is 3.52. The summed E-state index contributed by atoms with van der Waals surface area (Å²) in [6, 6.07) is -1.63. The normalized spacial score (nSPS) is 14.4. The lowest BCUT2D eigenvalue weighted by atomic mass is 10.1. The first-order valence-corrected chi connectivity index (χ1v) is 5.15. The van der Waals surface area contributed by atoms with Gasteiger partial charge in [0.25, 0.3) is 0 Å². The summed E-state index contributed by atoms with van der Waals surface area (Å²) in [5.41, 5.74) is 10.2. The maximum Gasteiger partial charge on any atom is 0.322 e. The van der Waals surface area contributed by atoms with Crippen molar-refractivity contribution in [2.75, 3.05) is 6.54 Å². The average Bonchev–Trinajstić information content (AvgIpc) is 2.21. The predicted octanol–water partition coefficient (Wildman–Crippen LogP) is -0.864. The van der Waals surface area contributed by atoms with Crippen molar-refractivity contribution in [1.29, 1.82) is 0 Å². The van der Waals surface area contributed by atoms with Gasteiger partial charge in [-0.05, 0) is 32.7 Å². The molecule has 7 heteroatoms. The van der Waals surface area contributed by atoms with Crippen molar-refractivity contribution in [3.63, 3.8) is 0 Å². The quantitative estimate of drug-likeness (QED) is 0.259. The Morgan fingerprint density at radius 1 is 1.19 bits per heavy atom. The highest BCUT2D eigenvalue weighted by molar-refractivity contribution is 5.74. The SMILES string of the molecule is C[C@H](NN[C@@H](CCCCN)C(=O)O)C(=O)O. The number of unbranched alkanes of at least 4 members (excludes halogenated alkanes) is 1. The van der Waals surface area contributed by atoms with Crippen molar-refractivity contribution < 1.29 is 19.8 Å². The summed E-state index contributed by atoms with van der Waals surface area (Å²) in [5.74, 6) is -2.05. The molecular weight excluding hydrogens is 214 g/mol. The third-order valence-corrected chi connectivity index (χ3v) is 2.09. The summed E-state index contributed by atoms with van der Waals surface area (Å²) < 4.78 is 0. The van der Waals surface area contributed by atoms with Crippen molar-refractivity contribution in [3.8, 4) is 0 Å². The summed E-state index contributed by atoms with van der Waals surface area (Å²) in [4.78, 5) is 21.3. The number of carboxylic acid groups (broad SMARTS) is 2. The summed E-state index contributed by atoms with van der Waals surface area (Å²) in [6.45, 7) is 1.94. The summed E-state index contributed by atoms with van der Waals surface area (Å²) >= 11 is 0. The number of carbonyl (C=O) groups is 2. The van der Waals surface area contributed by atoms with Crippen molar-refractivity contribution >= 4 is 11.9 Å². The van der Waals surface area contributed by atoms with E-state index in [9.17, 15) is 9.59 Å². The molecule has 0 spiro atoms. The van der Waals surface area contributed by atoms with Crippen molar-refractivity contribution in [3.05, 3.63) is 0 Å². The number of rotatable bonds is 9. The van der Waals surface area contributed by atoms with E-state index in [-0.39, 0.29) is 0 Å². The van der Waals surface area contributed by atoms with E-state index in [1.54, 1.807) is 0 Å². The fraction of sp³-hybridized carbons (Fsp3) is 0.778. The first-order valence-electron chi connectivity index (χ1n) is 5.15. The third-order valence-electron chi connectivity index (χ3n) is 2.09. The minimum Gasteiger partial charge on any atom is -0.480 e. The Hall–Kier alpha value is -1.18. The zero-order valence-electron chi connectivity index (χ0n) is 9.27. The van der Waals surface area contributed by atoms with Crippen LogP contribution in [0.15, 0.2) is 0 Å². The molecule has 0 bridgehead atoms. The molecule has 0 radical (unpaired) electrons. The first kappa shape index (κ1) is 14.8. The van der Waals surface area contributed by atoms with Gasteiger partial charge >= 0.3 is 11.9 Å². The minimum atomic E-state index is -1.04. The molecule has 94 valence electrons. The molecule has 0 saturated heterocycles. The van der Waals surface area contributed by atoms with E-state index in [0.29, 0.717) is 19.4 Å². The Morgan fingerprint density at radius 2 is 1.81 bits per heavy atom. The smallest absolute Gasteiger partial charge is 0.322 e. The Bertz CT molecular complexity index is 235. The molecule has 0 unspecified atom stereocenters. The van der Waals surface area contributed by atoms with E-state index in [2.05, 4.69) is 10.9 Å². The average molecular weight is 233 g/mol. The van der Waals surface area contributed by atoms with Gasteiger partial charge in [0.05, 0.1) is 0 Å². The maximum atomic E-state index is 10.8. The van der Waals surface area contributed by atoms with Gasteiger partial charge in [0.15, 0.2) is 0 Å². The number of nitrogens with two attached hydrogens (primary N) is 1. The van der Waals surface area contributed by atoms with Gasteiger partial charge in [-0.2, -0.15) is 0 Å². The van der Waals surface area contributed by atoms with Crippen LogP contribution in [0.5, 0.6) is 0 Å². The van der Waals surface area contributed by atoms with Crippen molar-refractivity contribution in [1.82, 2.24) is 10.9 Å². The molecule has 0 rings (SSSR count). The number of aliphatic carboxylic acids is 2. The van der Waals surface area contributed by atoms with Crippen LogP contribution in [0.2, 0.25) is 0 Å². The Balaban J connectivity index is 3.94. The first-order chi connectivity index (χ1) is 7.49. The lowest BCUT2D eigenvalue weighted by molar-refractivity contribution is -0.142. The molecule has 0 heterocycles. The Morgan fingerprint density at radius 3 is 2.25 bits per heavy atom. The second-order valence-electron chi connectivity index (χ2n) is 3.52. The van der Waals surface area contributed by atoms with Crippen LogP contribution in [-0.2, 0) is 9.59 Å². The largest absolute Gasteiger partial charge is 0.480 e. The van der Waals surface area contributed by atoms with Crippen molar-refractivity contribution in [2.45, 2.75) is 38.3 Å². The Kier molecular flexibility index (Phi) is 7.44. The zero-order chi connectivity index (χ0) is 12.6. The van der Waals surface area contributed by atoms with Crippen LogP contribution in [0.4, 0.5) is 0 Å². The van der Waals surface area contributed by atoms with Crippen LogP contribution in [0.1, 0.15) is 26.2 Å². The van der Waals surface area contributed by atoms with Crippen LogP contribution < -0.4 is 16.6 Å². The second kappa shape index (κ2) is 8.03. The molecule has 0 aromatic rings. The fourth-order valence-corrected chi connectivity index (χ4v) is 1.04. The van der Waals surface area contributed by atoms with Gasteiger partial charge in [0.2, 0.25) is 0 Å². The standard InChI is InChI=1S/C9H19N3O4/c1-6(8(13)14)11-12-7(9(15)16)4-2-3-5-10/h6-7,11-12H,2-5,10H2,1H3,(H,13,14)(H,15,16)/t6-,7-/m0/s1. The minimum absolute atomic E-state index is 0.409. The van der Waals surface area contributed by atoms with E-state index >= 15 is 0 Å². The molecule has 0 amide bonds. The number of nitrogens with one attached hydrogen (secondary N) is 2. The van der Waals surface area contributed by atoms with Gasteiger partial charge in [-0.3, -0.25) is 9.59 Å². The van der Waals surface area contributed by atoms with Gasteiger partial charge in [-0.15, -0.1) is 0 Å². The highest BCUT2D eigenvalue weighted by atomic mass is 16.4. The van der Waals surface area contributed by atoms with Gasteiger partial charge in [0.1, 0.15) is 12.1 Å². The molecule has 0 aliphatic rings. The highest BCUT2D eigenvalue weighted by Gasteiger charge is 2.18. The topological polar surface area (TPSA) is 125 Å². The molecule has 2 atom stereocenters. The molecule has 0 fully saturated rings. The fourth-order valence-electron chi connectivity index (χ4n) is 1.04. The molecule has 0 aromatic heterocycles.